The second kappa shape index (κ2) is 3.43. The molecule has 0 aromatic carbocycles. The lowest BCUT2D eigenvalue weighted by molar-refractivity contribution is -0.0898. The molecule has 0 heterocycles. The molecule has 2 fully saturated rings. The van der Waals surface area contributed by atoms with E-state index in [1.165, 1.54) is 19.3 Å². The van der Waals surface area contributed by atoms with Gasteiger partial charge in [0.05, 0.1) is 6.10 Å². The van der Waals surface area contributed by atoms with E-state index in [0.29, 0.717) is 11.5 Å². The molecule has 2 unspecified atom stereocenters. The summed E-state index contributed by atoms with van der Waals surface area (Å²) in [5.41, 5.74) is 0.200. The zero-order valence-corrected chi connectivity index (χ0v) is 9.31. The van der Waals surface area contributed by atoms with Gasteiger partial charge < -0.3 is 4.74 Å². The Hall–Kier alpha value is 0.250. The van der Waals surface area contributed by atoms with Gasteiger partial charge in [-0.25, -0.2) is 0 Å². The number of rotatable bonds is 4. The third-order valence-corrected chi connectivity index (χ3v) is 4.34. The van der Waals surface area contributed by atoms with Gasteiger partial charge in [-0.1, -0.05) is 26.7 Å². The Kier molecular flexibility index (Phi) is 2.59. The standard InChI is InChI=1S/C11H19ClO/c1-11(2)9(12)7-10(11)13-6-5-8-3-4-8/h8-10H,3-7H2,1-2H3. The van der Waals surface area contributed by atoms with E-state index < -0.39 is 0 Å². The van der Waals surface area contributed by atoms with Crippen LogP contribution in [0.1, 0.15) is 39.5 Å². The molecule has 0 bridgehead atoms. The fourth-order valence-corrected chi connectivity index (χ4v) is 2.21. The molecule has 2 rings (SSSR count). The van der Waals surface area contributed by atoms with Gasteiger partial charge in [-0.15, -0.1) is 11.6 Å². The van der Waals surface area contributed by atoms with Gasteiger partial charge in [0.25, 0.3) is 0 Å². The van der Waals surface area contributed by atoms with E-state index in [2.05, 4.69) is 13.8 Å². The number of hydrogen-bond donors (Lipinski definition) is 0. The Labute approximate surface area is 85.8 Å². The largest absolute Gasteiger partial charge is 0.378 e. The van der Waals surface area contributed by atoms with Crippen molar-refractivity contribution in [3.8, 4) is 0 Å². The van der Waals surface area contributed by atoms with Crippen LogP contribution in [0.3, 0.4) is 0 Å². The summed E-state index contributed by atoms with van der Waals surface area (Å²) in [6, 6.07) is 0. The molecule has 1 nitrogen and oxygen atoms in total. The van der Waals surface area contributed by atoms with Gasteiger partial charge in [0, 0.05) is 17.4 Å². The first-order chi connectivity index (χ1) is 6.10. The Balaban J connectivity index is 1.64. The summed E-state index contributed by atoms with van der Waals surface area (Å²) in [5, 5.41) is 0.318. The van der Waals surface area contributed by atoms with Gasteiger partial charge in [0.2, 0.25) is 0 Å². The third-order valence-electron chi connectivity index (χ3n) is 3.60. The van der Waals surface area contributed by atoms with E-state index in [1.54, 1.807) is 0 Å². The van der Waals surface area contributed by atoms with Crippen molar-refractivity contribution in [2.45, 2.75) is 51.0 Å². The topological polar surface area (TPSA) is 9.23 Å². The van der Waals surface area contributed by atoms with Crippen molar-refractivity contribution in [2.75, 3.05) is 6.61 Å². The average Bonchev–Trinajstić information content (AvgIpc) is 2.87. The minimum Gasteiger partial charge on any atom is -0.378 e. The molecule has 0 aliphatic heterocycles. The molecule has 0 amide bonds. The molecule has 2 saturated carbocycles. The maximum Gasteiger partial charge on any atom is 0.0654 e. The van der Waals surface area contributed by atoms with Crippen LogP contribution in [-0.2, 0) is 4.74 Å². The molecular weight excluding hydrogens is 184 g/mol. The van der Waals surface area contributed by atoms with E-state index in [0.717, 1.165) is 18.9 Å². The fraction of sp³-hybridized carbons (Fsp3) is 1.00. The maximum absolute atomic E-state index is 6.11. The highest BCUT2D eigenvalue weighted by atomic mass is 35.5. The SMILES string of the molecule is CC1(C)C(Cl)CC1OCCC1CC1. The summed E-state index contributed by atoms with van der Waals surface area (Å²) in [6.45, 7) is 5.36. The molecule has 0 spiro atoms. The van der Waals surface area contributed by atoms with Crippen LogP contribution in [-0.4, -0.2) is 18.1 Å². The van der Waals surface area contributed by atoms with Crippen LogP contribution in [0.25, 0.3) is 0 Å². The molecule has 0 radical (unpaired) electrons. The monoisotopic (exact) mass is 202 g/mol. The van der Waals surface area contributed by atoms with Gasteiger partial charge in [0.1, 0.15) is 0 Å². The molecule has 0 N–H and O–H groups in total. The Morgan fingerprint density at radius 3 is 2.54 bits per heavy atom. The van der Waals surface area contributed by atoms with Crippen LogP contribution in [0, 0.1) is 11.3 Å². The molecule has 76 valence electrons. The van der Waals surface area contributed by atoms with E-state index >= 15 is 0 Å². The molecule has 13 heavy (non-hydrogen) atoms. The molecule has 2 aliphatic rings. The zero-order valence-electron chi connectivity index (χ0n) is 8.55. The van der Waals surface area contributed by atoms with Crippen LogP contribution >= 0.6 is 11.6 Å². The predicted octanol–water partition coefficient (Wildman–Crippen LogP) is 3.21. The van der Waals surface area contributed by atoms with Gasteiger partial charge >= 0.3 is 0 Å². The first-order valence-electron chi connectivity index (χ1n) is 5.36. The summed E-state index contributed by atoms with van der Waals surface area (Å²) < 4.78 is 5.83. The maximum atomic E-state index is 6.11. The summed E-state index contributed by atoms with van der Waals surface area (Å²) in [4.78, 5) is 0. The number of ether oxygens (including phenoxy) is 1. The Morgan fingerprint density at radius 1 is 1.38 bits per heavy atom. The van der Waals surface area contributed by atoms with Crippen molar-refractivity contribution in [2.24, 2.45) is 11.3 Å². The number of alkyl halides is 1. The van der Waals surface area contributed by atoms with Crippen LogP contribution in [0.2, 0.25) is 0 Å². The first kappa shape index (κ1) is 9.79. The summed E-state index contributed by atoms with van der Waals surface area (Å²) in [7, 11) is 0. The first-order valence-corrected chi connectivity index (χ1v) is 5.80. The molecule has 2 heteroatoms. The second-order valence-corrected chi connectivity index (χ2v) is 5.64. The van der Waals surface area contributed by atoms with Crippen LogP contribution < -0.4 is 0 Å². The summed E-state index contributed by atoms with van der Waals surface area (Å²) >= 11 is 6.11. The molecular formula is C11H19ClO. The quantitative estimate of drug-likeness (QED) is 0.637. The fourth-order valence-electron chi connectivity index (χ4n) is 1.90. The lowest BCUT2D eigenvalue weighted by Gasteiger charge is -2.48. The number of halogens is 1. The Bertz CT molecular complexity index is 187. The van der Waals surface area contributed by atoms with Crippen molar-refractivity contribution in [3.05, 3.63) is 0 Å². The van der Waals surface area contributed by atoms with E-state index in [1.807, 2.05) is 0 Å². The van der Waals surface area contributed by atoms with Crippen molar-refractivity contribution in [3.63, 3.8) is 0 Å². The molecule has 0 saturated heterocycles. The van der Waals surface area contributed by atoms with Crippen molar-refractivity contribution in [1.82, 2.24) is 0 Å². The van der Waals surface area contributed by atoms with E-state index in [-0.39, 0.29) is 5.41 Å². The highest BCUT2D eigenvalue weighted by molar-refractivity contribution is 6.21. The normalized spacial score (nSPS) is 37.2. The highest BCUT2D eigenvalue weighted by Crippen LogP contribution is 2.46. The lowest BCUT2D eigenvalue weighted by Crippen LogP contribution is -2.51. The van der Waals surface area contributed by atoms with Crippen LogP contribution in [0.15, 0.2) is 0 Å². The minimum atomic E-state index is 0.200. The highest BCUT2D eigenvalue weighted by Gasteiger charge is 2.47. The smallest absolute Gasteiger partial charge is 0.0654 e. The Morgan fingerprint density at radius 2 is 2.08 bits per heavy atom. The minimum absolute atomic E-state index is 0.200. The molecule has 0 aromatic heterocycles. The van der Waals surface area contributed by atoms with E-state index in [4.69, 9.17) is 16.3 Å². The van der Waals surface area contributed by atoms with Gasteiger partial charge in [-0.3, -0.25) is 0 Å². The van der Waals surface area contributed by atoms with Crippen LogP contribution in [0.4, 0.5) is 0 Å². The van der Waals surface area contributed by atoms with Crippen molar-refractivity contribution in [1.29, 1.82) is 0 Å². The van der Waals surface area contributed by atoms with Gasteiger partial charge in [-0.05, 0) is 18.8 Å². The predicted molar refractivity (Wildman–Crippen MR) is 55.1 cm³/mol. The molecule has 0 aromatic rings. The van der Waals surface area contributed by atoms with Crippen LogP contribution in [0.5, 0.6) is 0 Å². The summed E-state index contributed by atoms with van der Waals surface area (Å²) in [6.07, 6.45) is 5.57. The van der Waals surface area contributed by atoms with Crippen molar-refractivity contribution < 1.29 is 4.74 Å². The third kappa shape index (κ3) is 2.02. The zero-order chi connectivity index (χ0) is 9.47. The van der Waals surface area contributed by atoms with Crippen molar-refractivity contribution >= 4 is 11.6 Å². The van der Waals surface area contributed by atoms with E-state index in [9.17, 15) is 0 Å². The van der Waals surface area contributed by atoms with Gasteiger partial charge in [0.15, 0.2) is 0 Å². The average molecular weight is 203 g/mol. The number of hydrogen-bond acceptors (Lipinski definition) is 1. The second-order valence-electron chi connectivity index (χ2n) is 5.12. The summed E-state index contributed by atoms with van der Waals surface area (Å²) in [5.74, 6) is 0.981. The van der Waals surface area contributed by atoms with Gasteiger partial charge in [-0.2, -0.15) is 0 Å². The lowest BCUT2D eigenvalue weighted by atomic mass is 9.68. The molecule has 2 aliphatic carbocycles. The molecule has 2 atom stereocenters.